The van der Waals surface area contributed by atoms with E-state index in [4.69, 9.17) is 0 Å². The second-order valence-corrected chi connectivity index (χ2v) is 8.59. The molecule has 7 heteroatoms. The topological polar surface area (TPSA) is 81.8 Å². The van der Waals surface area contributed by atoms with Crippen LogP contribution in [0.2, 0.25) is 0 Å². The lowest BCUT2D eigenvalue weighted by atomic mass is 10.0. The highest BCUT2D eigenvalue weighted by Crippen LogP contribution is 2.36. The molecule has 0 aromatic heterocycles. The molecule has 3 amide bonds. The number of hydrogen-bond acceptors (Lipinski definition) is 5. The predicted molar refractivity (Wildman–Crippen MR) is 102 cm³/mol. The number of amides is 3. The zero-order valence-electron chi connectivity index (χ0n) is 16.1. The molecule has 2 N–H and O–H groups in total. The van der Waals surface area contributed by atoms with Crippen molar-refractivity contribution in [3.8, 4) is 0 Å². The van der Waals surface area contributed by atoms with Crippen LogP contribution in [-0.4, -0.2) is 58.7 Å². The van der Waals surface area contributed by atoms with Crippen LogP contribution in [0.4, 0.5) is 0 Å². The Balaban J connectivity index is 1.40. The largest absolute Gasteiger partial charge is 0.322 e. The van der Waals surface area contributed by atoms with Crippen molar-refractivity contribution >= 4 is 17.7 Å². The lowest BCUT2D eigenvalue weighted by Crippen LogP contribution is -2.52. The van der Waals surface area contributed by atoms with Gasteiger partial charge in [-0.15, -0.1) is 0 Å². The van der Waals surface area contributed by atoms with Gasteiger partial charge in [0.1, 0.15) is 6.04 Å². The fourth-order valence-corrected chi connectivity index (χ4v) is 5.54. The number of rotatable bonds is 3. The van der Waals surface area contributed by atoms with Gasteiger partial charge in [0.25, 0.3) is 5.91 Å². The third kappa shape index (κ3) is 2.76. The monoisotopic (exact) mass is 382 g/mol. The van der Waals surface area contributed by atoms with Crippen molar-refractivity contribution in [3.05, 3.63) is 34.9 Å². The van der Waals surface area contributed by atoms with E-state index >= 15 is 0 Å². The summed E-state index contributed by atoms with van der Waals surface area (Å²) >= 11 is 0. The smallest absolute Gasteiger partial charge is 0.255 e. The number of carbonyl (C=O) groups excluding carboxylic acids is 3. The Hall–Kier alpha value is -2.25. The molecule has 0 bridgehead atoms. The molecule has 3 saturated heterocycles. The first kappa shape index (κ1) is 17.8. The number of likely N-dealkylation sites (tertiary alicyclic amines) is 1. The van der Waals surface area contributed by atoms with Crippen molar-refractivity contribution in [2.45, 2.75) is 57.4 Å². The number of nitrogens with one attached hydrogen (secondary N) is 2. The van der Waals surface area contributed by atoms with Crippen molar-refractivity contribution in [2.75, 3.05) is 13.1 Å². The Kier molecular flexibility index (Phi) is 4.25. The van der Waals surface area contributed by atoms with Crippen LogP contribution in [0.1, 0.15) is 47.7 Å². The minimum Gasteiger partial charge on any atom is -0.322 e. The van der Waals surface area contributed by atoms with E-state index in [1.807, 2.05) is 18.2 Å². The van der Waals surface area contributed by atoms with Gasteiger partial charge >= 0.3 is 0 Å². The highest BCUT2D eigenvalue weighted by Gasteiger charge is 2.43. The van der Waals surface area contributed by atoms with Crippen molar-refractivity contribution in [1.82, 2.24) is 20.4 Å². The normalized spacial score (nSPS) is 32.6. The van der Waals surface area contributed by atoms with Crippen molar-refractivity contribution in [3.63, 3.8) is 0 Å². The maximum Gasteiger partial charge on any atom is 0.255 e. The average molecular weight is 382 g/mol. The van der Waals surface area contributed by atoms with E-state index in [1.54, 1.807) is 4.90 Å². The number of benzene rings is 1. The molecule has 0 spiro atoms. The summed E-state index contributed by atoms with van der Waals surface area (Å²) in [4.78, 5) is 41.2. The molecule has 4 atom stereocenters. The summed E-state index contributed by atoms with van der Waals surface area (Å²) in [6, 6.07) is 6.53. The third-order valence-electron chi connectivity index (χ3n) is 6.93. The molecule has 3 fully saturated rings. The molecule has 1 aromatic rings. The molecule has 0 aliphatic carbocycles. The fourth-order valence-electron chi connectivity index (χ4n) is 5.54. The van der Waals surface area contributed by atoms with Crippen LogP contribution in [0.3, 0.4) is 0 Å². The minimum absolute atomic E-state index is 0.0759. The molecule has 148 valence electrons. The summed E-state index contributed by atoms with van der Waals surface area (Å²) in [5.74, 6) is 0.0105. The highest BCUT2D eigenvalue weighted by atomic mass is 16.2. The Morgan fingerprint density at radius 2 is 2.04 bits per heavy atom. The summed E-state index contributed by atoms with van der Waals surface area (Å²) in [5, 5.41) is 5.86. The Labute approximate surface area is 164 Å². The summed E-state index contributed by atoms with van der Waals surface area (Å²) in [6.45, 7) is 5.58. The molecule has 7 nitrogen and oxygen atoms in total. The van der Waals surface area contributed by atoms with Crippen LogP contribution < -0.4 is 10.6 Å². The molecule has 1 aromatic carbocycles. The predicted octanol–water partition coefficient (Wildman–Crippen LogP) is 0.630. The van der Waals surface area contributed by atoms with Gasteiger partial charge in [0, 0.05) is 43.7 Å². The number of fused-ring (bicyclic) bond motifs is 2. The van der Waals surface area contributed by atoms with E-state index in [2.05, 4.69) is 22.5 Å². The molecule has 0 radical (unpaired) electrons. The third-order valence-corrected chi connectivity index (χ3v) is 6.93. The molecule has 4 heterocycles. The van der Waals surface area contributed by atoms with E-state index < -0.39 is 6.04 Å². The summed E-state index contributed by atoms with van der Waals surface area (Å²) in [5.41, 5.74) is 2.80. The van der Waals surface area contributed by atoms with E-state index in [9.17, 15) is 14.4 Å². The molecule has 28 heavy (non-hydrogen) atoms. The van der Waals surface area contributed by atoms with E-state index in [1.165, 1.54) is 6.42 Å². The van der Waals surface area contributed by atoms with Gasteiger partial charge in [-0.05, 0) is 43.4 Å². The fraction of sp³-hybridized carbons (Fsp3) is 0.571. The molecular weight excluding hydrogens is 356 g/mol. The first-order chi connectivity index (χ1) is 13.5. The Bertz CT molecular complexity index is 854. The van der Waals surface area contributed by atoms with Crippen LogP contribution in [0.5, 0.6) is 0 Å². The van der Waals surface area contributed by atoms with Crippen LogP contribution in [0, 0.1) is 5.92 Å². The Morgan fingerprint density at radius 3 is 2.86 bits per heavy atom. The van der Waals surface area contributed by atoms with E-state index in [0.717, 1.165) is 36.3 Å². The number of imide groups is 1. The van der Waals surface area contributed by atoms with E-state index in [0.29, 0.717) is 31.0 Å². The van der Waals surface area contributed by atoms with Crippen LogP contribution in [0.25, 0.3) is 0 Å². The van der Waals surface area contributed by atoms with Gasteiger partial charge in [0.2, 0.25) is 11.8 Å². The maximum atomic E-state index is 13.3. The number of nitrogens with zero attached hydrogens (tertiary/aromatic N) is 2. The Morgan fingerprint density at radius 1 is 1.18 bits per heavy atom. The van der Waals surface area contributed by atoms with Crippen molar-refractivity contribution in [1.29, 1.82) is 0 Å². The maximum absolute atomic E-state index is 13.3. The number of piperidine rings is 1. The van der Waals surface area contributed by atoms with Gasteiger partial charge in [-0.2, -0.15) is 0 Å². The molecule has 4 aliphatic rings. The molecule has 4 aliphatic heterocycles. The quantitative estimate of drug-likeness (QED) is 0.750. The second-order valence-electron chi connectivity index (χ2n) is 8.59. The number of carbonyl (C=O) groups is 3. The first-order valence-corrected chi connectivity index (χ1v) is 10.2. The standard InChI is InChI=1S/C21H26N4O3/c1-12-7-15-8-22-9-17(15)24(12)10-13-3-2-4-14-11-25(21(28)19(13)14)16-5-6-18(26)23-20(16)27/h2-4,12,15-17,22H,5-11H2,1H3,(H,23,26,27)/t12-,15+,16?,17-/m1/s1. The van der Waals surface area contributed by atoms with Crippen LogP contribution in [0.15, 0.2) is 18.2 Å². The summed E-state index contributed by atoms with van der Waals surface area (Å²) < 4.78 is 0. The van der Waals surface area contributed by atoms with Gasteiger partial charge in [-0.25, -0.2) is 0 Å². The number of hydrogen-bond donors (Lipinski definition) is 2. The highest BCUT2D eigenvalue weighted by molar-refractivity contribution is 6.05. The van der Waals surface area contributed by atoms with Gasteiger partial charge < -0.3 is 10.2 Å². The van der Waals surface area contributed by atoms with Crippen molar-refractivity contribution < 1.29 is 14.4 Å². The van der Waals surface area contributed by atoms with Crippen LogP contribution in [-0.2, 0) is 22.7 Å². The summed E-state index contributed by atoms with van der Waals surface area (Å²) in [7, 11) is 0. The summed E-state index contributed by atoms with van der Waals surface area (Å²) in [6.07, 6.45) is 1.88. The lowest BCUT2D eigenvalue weighted by molar-refractivity contribution is -0.136. The van der Waals surface area contributed by atoms with Gasteiger partial charge in [0.15, 0.2) is 0 Å². The zero-order valence-corrected chi connectivity index (χ0v) is 16.1. The molecule has 0 saturated carbocycles. The average Bonchev–Trinajstić information content (AvgIpc) is 3.31. The molecule has 1 unspecified atom stereocenters. The van der Waals surface area contributed by atoms with Crippen LogP contribution >= 0.6 is 0 Å². The molecular formula is C21H26N4O3. The van der Waals surface area contributed by atoms with E-state index in [-0.39, 0.29) is 24.1 Å². The van der Waals surface area contributed by atoms with Crippen molar-refractivity contribution in [2.24, 2.45) is 5.92 Å². The van der Waals surface area contributed by atoms with Gasteiger partial charge in [-0.1, -0.05) is 18.2 Å². The second kappa shape index (κ2) is 6.67. The SMILES string of the molecule is C[C@@H]1C[C@H]2CNC[C@H]2N1Cc1cccc2c1C(=O)N(C1CCC(=O)NC1=O)C2. The first-order valence-electron chi connectivity index (χ1n) is 10.2. The van der Waals surface area contributed by atoms with Gasteiger partial charge in [0.05, 0.1) is 0 Å². The minimum atomic E-state index is -0.556. The lowest BCUT2D eigenvalue weighted by Gasteiger charge is -2.30. The zero-order chi connectivity index (χ0) is 19.4. The molecule has 5 rings (SSSR count). The van der Waals surface area contributed by atoms with Gasteiger partial charge in [-0.3, -0.25) is 24.6 Å².